The molecule has 180 valence electrons. The van der Waals surface area contributed by atoms with Gasteiger partial charge in [0.25, 0.3) is 5.91 Å². The topological polar surface area (TPSA) is 97.0 Å². The van der Waals surface area contributed by atoms with Crippen molar-refractivity contribution < 1.29 is 23.9 Å². The zero-order valence-electron chi connectivity index (χ0n) is 19.6. The monoisotopic (exact) mass is 473 g/mol. The number of rotatable bonds is 8. The highest BCUT2D eigenvalue weighted by Crippen LogP contribution is 2.36. The average molecular weight is 474 g/mol. The van der Waals surface area contributed by atoms with Crippen LogP contribution in [0, 0.1) is 5.92 Å². The van der Waals surface area contributed by atoms with Gasteiger partial charge in [0, 0.05) is 24.7 Å². The molecule has 0 spiro atoms. The maximum atomic E-state index is 13.2. The van der Waals surface area contributed by atoms with Crippen LogP contribution in [0.25, 0.3) is 0 Å². The minimum Gasteiger partial charge on any atom is -0.497 e. The molecule has 1 fully saturated rings. The summed E-state index contributed by atoms with van der Waals surface area (Å²) in [6.45, 7) is 0.176. The lowest BCUT2D eigenvalue weighted by Gasteiger charge is -2.22. The highest BCUT2D eigenvalue weighted by Gasteiger charge is 2.38. The smallest absolute Gasteiger partial charge is 0.251 e. The van der Waals surface area contributed by atoms with Gasteiger partial charge < -0.3 is 25.0 Å². The van der Waals surface area contributed by atoms with Gasteiger partial charge in [-0.1, -0.05) is 48.5 Å². The van der Waals surface area contributed by atoms with Gasteiger partial charge in [-0.05, 0) is 29.8 Å². The largest absolute Gasteiger partial charge is 0.497 e. The highest BCUT2D eigenvalue weighted by molar-refractivity contribution is 6.03. The fraction of sp³-hybridized carbons (Fsp3) is 0.222. The summed E-state index contributed by atoms with van der Waals surface area (Å²) in [7, 11) is 3.06. The molecule has 8 heteroatoms. The molecular formula is C27H27N3O5. The summed E-state index contributed by atoms with van der Waals surface area (Å²) in [5.41, 5.74) is 1.84. The van der Waals surface area contributed by atoms with Crippen molar-refractivity contribution in [3.8, 4) is 11.5 Å². The van der Waals surface area contributed by atoms with Crippen LogP contribution in [0.3, 0.4) is 0 Å². The molecule has 3 aromatic rings. The van der Waals surface area contributed by atoms with Crippen molar-refractivity contribution in [2.24, 2.45) is 5.92 Å². The summed E-state index contributed by atoms with van der Waals surface area (Å²) in [6.07, 6.45) is 0.0306. The molecule has 35 heavy (non-hydrogen) atoms. The molecule has 8 nitrogen and oxygen atoms in total. The molecule has 0 bridgehead atoms. The first-order chi connectivity index (χ1) is 17.0. The predicted octanol–water partition coefficient (Wildman–Crippen LogP) is 3.55. The molecule has 1 saturated heterocycles. The van der Waals surface area contributed by atoms with Crippen molar-refractivity contribution in [2.75, 3.05) is 31.0 Å². The number of nitrogens with one attached hydrogen (secondary N) is 2. The van der Waals surface area contributed by atoms with Crippen molar-refractivity contribution in [1.82, 2.24) is 5.32 Å². The molecule has 0 aromatic heterocycles. The lowest BCUT2D eigenvalue weighted by molar-refractivity contribution is -0.129. The summed E-state index contributed by atoms with van der Waals surface area (Å²) < 4.78 is 10.7. The molecule has 1 aliphatic heterocycles. The standard InChI is InChI=1S/C27H27N3O5/c1-34-21-13-14-22(23(16-21)35-2)30-17-19(15-24(30)31)26(32)29-25(18-9-5-3-6-10-18)27(33)28-20-11-7-4-8-12-20/h3-14,16,19,25H,15,17H2,1-2H3,(H,28,33)(H,29,32). The van der Waals surface area contributed by atoms with Crippen LogP contribution >= 0.6 is 0 Å². The van der Waals surface area contributed by atoms with E-state index in [1.165, 1.54) is 12.0 Å². The molecule has 2 atom stereocenters. The van der Waals surface area contributed by atoms with Gasteiger partial charge in [-0.2, -0.15) is 0 Å². The average Bonchev–Trinajstić information content (AvgIpc) is 3.29. The van der Waals surface area contributed by atoms with Crippen LogP contribution in [0.5, 0.6) is 11.5 Å². The van der Waals surface area contributed by atoms with Crippen molar-refractivity contribution >= 4 is 29.1 Å². The van der Waals surface area contributed by atoms with Crippen LogP contribution in [0.4, 0.5) is 11.4 Å². The van der Waals surface area contributed by atoms with Gasteiger partial charge in [-0.25, -0.2) is 0 Å². The first kappa shape index (κ1) is 23.8. The predicted molar refractivity (Wildman–Crippen MR) is 132 cm³/mol. The van der Waals surface area contributed by atoms with Gasteiger partial charge >= 0.3 is 0 Å². The summed E-state index contributed by atoms with van der Waals surface area (Å²) in [5, 5.41) is 5.70. The first-order valence-corrected chi connectivity index (χ1v) is 11.2. The second-order valence-corrected chi connectivity index (χ2v) is 8.15. The van der Waals surface area contributed by atoms with E-state index in [2.05, 4.69) is 10.6 Å². The molecule has 3 aromatic carbocycles. The molecule has 0 aliphatic carbocycles. The van der Waals surface area contributed by atoms with E-state index in [1.54, 1.807) is 61.7 Å². The van der Waals surface area contributed by atoms with Gasteiger partial charge in [0.2, 0.25) is 11.8 Å². The molecule has 2 unspecified atom stereocenters. The lowest BCUT2D eigenvalue weighted by Crippen LogP contribution is -2.40. The SMILES string of the molecule is COc1ccc(N2CC(C(=O)NC(C(=O)Nc3ccccc3)c3ccccc3)CC2=O)c(OC)c1. The Balaban J connectivity index is 1.51. The Morgan fingerprint density at radius 3 is 2.29 bits per heavy atom. The number of hydrogen-bond donors (Lipinski definition) is 2. The zero-order chi connectivity index (χ0) is 24.8. The first-order valence-electron chi connectivity index (χ1n) is 11.2. The Bertz CT molecular complexity index is 1200. The number of ether oxygens (including phenoxy) is 2. The van der Waals surface area contributed by atoms with E-state index in [0.717, 1.165) is 0 Å². The van der Waals surface area contributed by atoms with E-state index >= 15 is 0 Å². The van der Waals surface area contributed by atoms with E-state index < -0.39 is 12.0 Å². The summed E-state index contributed by atoms with van der Waals surface area (Å²) >= 11 is 0. The minimum absolute atomic E-state index is 0.0306. The van der Waals surface area contributed by atoms with Crippen molar-refractivity contribution in [3.05, 3.63) is 84.4 Å². The van der Waals surface area contributed by atoms with Gasteiger partial charge in [0.1, 0.15) is 17.5 Å². The number of methoxy groups -OCH3 is 2. The number of para-hydroxylation sites is 1. The molecule has 2 N–H and O–H groups in total. The number of nitrogens with zero attached hydrogens (tertiary/aromatic N) is 1. The Morgan fingerprint density at radius 1 is 0.943 bits per heavy atom. The normalized spacial score (nSPS) is 15.9. The minimum atomic E-state index is -0.913. The third-order valence-corrected chi connectivity index (χ3v) is 5.90. The second-order valence-electron chi connectivity index (χ2n) is 8.15. The maximum absolute atomic E-state index is 13.2. The number of hydrogen-bond acceptors (Lipinski definition) is 5. The molecule has 0 saturated carbocycles. The molecule has 3 amide bonds. The maximum Gasteiger partial charge on any atom is 0.251 e. The number of amides is 3. The van der Waals surface area contributed by atoms with E-state index in [4.69, 9.17) is 9.47 Å². The Hall–Kier alpha value is -4.33. The van der Waals surface area contributed by atoms with Gasteiger partial charge in [-0.3, -0.25) is 14.4 Å². The van der Waals surface area contributed by atoms with Crippen LogP contribution in [0.2, 0.25) is 0 Å². The molecule has 0 radical (unpaired) electrons. The Morgan fingerprint density at radius 2 is 1.63 bits per heavy atom. The van der Waals surface area contributed by atoms with E-state index in [1.807, 2.05) is 24.3 Å². The number of carbonyl (C=O) groups excluding carboxylic acids is 3. The second kappa shape index (κ2) is 10.7. The molecule has 1 heterocycles. The lowest BCUT2D eigenvalue weighted by atomic mass is 10.0. The van der Waals surface area contributed by atoms with Crippen LogP contribution in [-0.4, -0.2) is 38.5 Å². The van der Waals surface area contributed by atoms with Crippen molar-refractivity contribution in [1.29, 1.82) is 0 Å². The molecular weight excluding hydrogens is 446 g/mol. The van der Waals surface area contributed by atoms with E-state index in [0.29, 0.717) is 28.4 Å². The highest BCUT2D eigenvalue weighted by atomic mass is 16.5. The van der Waals surface area contributed by atoms with Crippen molar-refractivity contribution in [2.45, 2.75) is 12.5 Å². The third-order valence-electron chi connectivity index (χ3n) is 5.90. The van der Waals surface area contributed by atoms with Crippen LogP contribution in [0.15, 0.2) is 78.9 Å². The summed E-state index contributed by atoms with van der Waals surface area (Å²) in [4.78, 5) is 40.7. The van der Waals surface area contributed by atoms with E-state index in [9.17, 15) is 14.4 Å². The fourth-order valence-corrected chi connectivity index (χ4v) is 4.07. The Labute approximate surface area is 203 Å². The Kier molecular flexibility index (Phi) is 7.30. The van der Waals surface area contributed by atoms with Crippen LogP contribution in [0.1, 0.15) is 18.0 Å². The fourth-order valence-electron chi connectivity index (χ4n) is 4.07. The van der Waals surface area contributed by atoms with Crippen LogP contribution < -0.4 is 25.0 Å². The summed E-state index contributed by atoms with van der Waals surface area (Å²) in [5.74, 6) is -0.479. The molecule has 1 aliphatic rings. The quantitative estimate of drug-likeness (QED) is 0.522. The van der Waals surface area contributed by atoms with Gasteiger partial charge in [-0.15, -0.1) is 0 Å². The van der Waals surface area contributed by atoms with E-state index in [-0.39, 0.29) is 30.7 Å². The zero-order valence-corrected chi connectivity index (χ0v) is 19.6. The van der Waals surface area contributed by atoms with Gasteiger partial charge in [0.15, 0.2) is 0 Å². The number of carbonyl (C=O) groups is 3. The third kappa shape index (κ3) is 5.43. The number of anilines is 2. The van der Waals surface area contributed by atoms with Crippen LogP contribution in [-0.2, 0) is 14.4 Å². The van der Waals surface area contributed by atoms with Crippen molar-refractivity contribution in [3.63, 3.8) is 0 Å². The summed E-state index contributed by atoms with van der Waals surface area (Å²) in [6, 6.07) is 22.3. The molecule has 4 rings (SSSR count). The van der Waals surface area contributed by atoms with Gasteiger partial charge in [0.05, 0.1) is 25.8 Å². The number of benzene rings is 3.